The molecule has 0 spiro atoms. The van der Waals surface area contributed by atoms with E-state index in [0.717, 1.165) is 41.3 Å². The van der Waals surface area contributed by atoms with Gasteiger partial charge in [-0.3, -0.25) is 14.4 Å². The van der Waals surface area contributed by atoms with Crippen molar-refractivity contribution in [3.63, 3.8) is 0 Å². The van der Waals surface area contributed by atoms with Crippen molar-refractivity contribution in [3.8, 4) is 17.6 Å². The van der Waals surface area contributed by atoms with Crippen LogP contribution in [0.1, 0.15) is 46.2 Å². The number of piperazine rings is 1. The van der Waals surface area contributed by atoms with E-state index in [0.29, 0.717) is 6.61 Å². The van der Waals surface area contributed by atoms with E-state index < -0.39 is 0 Å². The highest BCUT2D eigenvalue weighted by molar-refractivity contribution is 5.88. The molecule has 0 saturated carbocycles. The molecule has 0 radical (unpaired) electrons. The molecule has 9 heteroatoms. The summed E-state index contributed by atoms with van der Waals surface area (Å²) in [5.74, 6) is 1.59. The summed E-state index contributed by atoms with van der Waals surface area (Å²) in [5.41, 5.74) is 3.08. The van der Waals surface area contributed by atoms with Crippen LogP contribution in [0.25, 0.3) is 11.0 Å². The highest BCUT2D eigenvalue weighted by Gasteiger charge is 2.35. The number of nitrogens with zero attached hydrogens (tertiary/aromatic N) is 6. The normalized spacial score (nSPS) is 22.4. The Bertz CT molecular complexity index is 1400. The highest BCUT2D eigenvalue weighted by Crippen LogP contribution is 2.39. The molecule has 1 saturated heterocycles. The van der Waals surface area contributed by atoms with Gasteiger partial charge >= 0.3 is 0 Å². The average Bonchev–Trinajstić information content (AvgIpc) is 3.25. The van der Waals surface area contributed by atoms with Crippen LogP contribution in [0.4, 0.5) is 5.69 Å². The van der Waals surface area contributed by atoms with Crippen LogP contribution < -0.4 is 19.9 Å². The number of hydrogen-bond donors (Lipinski definition) is 0. The predicted octanol–water partition coefficient (Wildman–Crippen LogP) is 3.47. The molecule has 5 rings (SSSR count). The number of pyridine rings is 1. The Morgan fingerprint density at radius 2 is 1.97 bits per heavy atom. The predicted molar refractivity (Wildman–Crippen MR) is 139 cm³/mol. The molecule has 2 aliphatic rings. The fraction of sp³-hybridized carbons (Fsp3) is 0.519. The summed E-state index contributed by atoms with van der Waals surface area (Å²) in [6.07, 6.45) is 1.78. The fourth-order valence-corrected chi connectivity index (χ4v) is 5.39. The standard InChI is InChI=1S/C27H34N6O3/c1-17-14-33(21-12-25(34)30(6)22-15-31(10-9-28)29-26(21)22)18(2)13-32(17)19(3)20-7-8-23-24(11-20)36-27(4,5)16-35-23/h7-8,11-12,15,17-19H,10,13-14,16H2,1-6H3/t17-,18+,19?/m1/s1. The van der Waals surface area contributed by atoms with E-state index in [2.05, 4.69) is 53.9 Å². The molecule has 3 aromatic rings. The summed E-state index contributed by atoms with van der Waals surface area (Å²) in [6, 6.07) is 10.6. The summed E-state index contributed by atoms with van der Waals surface area (Å²) in [5, 5.41) is 13.8. The number of hydrogen-bond acceptors (Lipinski definition) is 7. The smallest absolute Gasteiger partial charge is 0.252 e. The van der Waals surface area contributed by atoms with Gasteiger partial charge in [0.25, 0.3) is 5.56 Å². The Morgan fingerprint density at radius 3 is 2.72 bits per heavy atom. The molecule has 1 aromatic carbocycles. The first-order valence-electron chi connectivity index (χ1n) is 12.5. The first-order valence-corrected chi connectivity index (χ1v) is 12.5. The number of nitriles is 1. The van der Waals surface area contributed by atoms with Crippen molar-refractivity contribution in [3.05, 3.63) is 46.4 Å². The van der Waals surface area contributed by atoms with Crippen LogP contribution in [-0.2, 0) is 13.6 Å². The van der Waals surface area contributed by atoms with E-state index in [1.54, 1.807) is 28.6 Å². The fourth-order valence-electron chi connectivity index (χ4n) is 5.39. The van der Waals surface area contributed by atoms with Crippen LogP contribution >= 0.6 is 0 Å². The van der Waals surface area contributed by atoms with E-state index in [4.69, 9.17) is 14.7 Å². The molecule has 2 aliphatic heterocycles. The third-order valence-corrected chi connectivity index (χ3v) is 7.42. The van der Waals surface area contributed by atoms with Gasteiger partial charge in [0.05, 0.1) is 23.5 Å². The molecular formula is C27H34N6O3. The summed E-state index contributed by atoms with van der Waals surface area (Å²) in [7, 11) is 1.74. The highest BCUT2D eigenvalue weighted by atomic mass is 16.6. The maximum absolute atomic E-state index is 12.8. The Balaban J connectivity index is 1.42. The zero-order valence-corrected chi connectivity index (χ0v) is 21.9. The van der Waals surface area contributed by atoms with Gasteiger partial charge in [-0.2, -0.15) is 10.4 Å². The number of anilines is 1. The third-order valence-electron chi connectivity index (χ3n) is 7.42. The number of aryl methyl sites for hydroxylation is 1. The number of aromatic nitrogens is 3. The molecule has 4 heterocycles. The monoisotopic (exact) mass is 490 g/mol. The molecule has 0 bridgehead atoms. The van der Waals surface area contributed by atoms with E-state index in [9.17, 15) is 4.79 Å². The number of fused-ring (bicyclic) bond motifs is 2. The first-order chi connectivity index (χ1) is 17.1. The minimum Gasteiger partial charge on any atom is -0.486 e. The molecule has 2 aromatic heterocycles. The van der Waals surface area contributed by atoms with E-state index in [1.165, 1.54) is 5.56 Å². The van der Waals surface area contributed by atoms with Crippen molar-refractivity contribution in [2.24, 2.45) is 7.05 Å². The minimum absolute atomic E-state index is 0.0798. The molecule has 1 fully saturated rings. The van der Waals surface area contributed by atoms with E-state index in [1.807, 2.05) is 19.9 Å². The van der Waals surface area contributed by atoms with Gasteiger partial charge in [-0.05, 0) is 52.3 Å². The zero-order chi connectivity index (χ0) is 25.8. The maximum atomic E-state index is 12.8. The van der Waals surface area contributed by atoms with Crippen molar-refractivity contribution < 1.29 is 9.47 Å². The average molecular weight is 491 g/mol. The van der Waals surface area contributed by atoms with Gasteiger partial charge in [-0.25, -0.2) is 0 Å². The van der Waals surface area contributed by atoms with Gasteiger partial charge in [0.2, 0.25) is 0 Å². The summed E-state index contributed by atoms with van der Waals surface area (Å²) in [6.45, 7) is 13.0. The van der Waals surface area contributed by atoms with Gasteiger partial charge in [-0.1, -0.05) is 6.07 Å². The van der Waals surface area contributed by atoms with Crippen LogP contribution in [0.15, 0.2) is 35.3 Å². The third kappa shape index (κ3) is 4.20. The maximum Gasteiger partial charge on any atom is 0.252 e. The van der Waals surface area contributed by atoms with E-state index >= 15 is 0 Å². The van der Waals surface area contributed by atoms with Gasteiger partial charge in [0.15, 0.2) is 11.5 Å². The van der Waals surface area contributed by atoms with Crippen LogP contribution in [-0.4, -0.2) is 56.6 Å². The van der Waals surface area contributed by atoms with Gasteiger partial charge in [0.1, 0.15) is 24.3 Å². The molecule has 0 N–H and O–H groups in total. The molecule has 0 amide bonds. The van der Waals surface area contributed by atoms with Crippen LogP contribution in [0.5, 0.6) is 11.5 Å². The van der Waals surface area contributed by atoms with Crippen molar-refractivity contribution in [2.75, 3.05) is 24.6 Å². The summed E-state index contributed by atoms with van der Waals surface area (Å²) >= 11 is 0. The summed E-state index contributed by atoms with van der Waals surface area (Å²) in [4.78, 5) is 17.6. The molecule has 0 aliphatic carbocycles. The second kappa shape index (κ2) is 8.86. The van der Waals surface area contributed by atoms with Crippen molar-refractivity contribution in [2.45, 2.75) is 64.9 Å². The number of ether oxygens (including phenoxy) is 2. The molecular weight excluding hydrogens is 456 g/mol. The second-order valence-electron chi connectivity index (χ2n) is 10.7. The van der Waals surface area contributed by atoms with Crippen LogP contribution in [0.3, 0.4) is 0 Å². The van der Waals surface area contributed by atoms with Gasteiger partial charge < -0.3 is 18.9 Å². The van der Waals surface area contributed by atoms with Crippen molar-refractivity contribution in [1.82, 2.24) is 19.2 Å². The largest absolute Gasteiger partial charge is 0.486 e. The van der Waals surface area contributed by atoms with Crippen molar-refractivity contribution >= 4 is 16.7 Å². The Morgan fingerprint density at radius 1 is 1.19 bits per heavy atom. The van der Waals surface area contributed by atoms with Crippen molar-refractivity contribution in [1.29, 1.82) is 5.26 Å². The minimum atomic E-state index is -0.347. The lowest BCUT2D eigenvalue weighted by molar-refractivity contribution is 0.0209. The molecule has 3 atom stereocenters. The van der Waals surface area contributed by atoms with E-state index in [-0.39, 0.29) is 35.8 Å². The quantitative estimate of drug-likeness (QED) is 0.553. The molecule has 9 nitrogen and oxygen atoms in total. The number of rotatable bonds is 4. The second-order valence-corrected chi connectivity index (χ2v) is 10.7. The van der Waals surface area contributed by atoms with Crippen LogP contribution in [0, 0.1) is 11.3 Å². The topological polar surface area (TPSA) is 88.5 Å². The number of benzene rings is 1. The zero-order valence-electron chi connectivity index (χ0n) is 21.9. The molecule has 190 valence electrons. The van der Waals surface area contributed by atoms with Crippen LogP contribution in [0.2, 0.25) is 0 Å². The van der Waals surface area contributed by atoms with Gasteiger partial charge in [0, 0.05) is 44.3 Å². The molecule has 36 heavy (non-hydrogen) atoms. The SMILES string of the molecule is CC(c1ccc2c(c1)OC(C)(C)CO2)N1C[C@H](C)N(c2cc(=O)n(C)c3cn(CC#N)nc23)C[C@H]1C. The molecule has 1 unspecified atom stereocenters. The Hall–Kier alpha value is -3.51. The van der Waals surface area contributed by atoms with Gasteiger partial charge in [-0.15, -0.1) is 0 Å². The first kappa shape index (κ1) is 24.2. The lowest BCUT2D eigenvalue weighted by Gasteiger charge is -2.47. The summed E-state index contributed by atoms with van der Waals surface area (Å²) < 4.78 is 15.3. The Labute approximate surface area is 211 Å². The Kier molecular flexibility index (Phi) is 5.95. The lowest BCUT2D eigenvalue weighted by Crippen LogP contribution is -2.57. The lowest BCUT2D eigenvalue weighted by atomic mass is 9.99.